The molecule has 1 N–H and O–H groups in total. The van der Waals surface area contributed by atoms with Crippen LogP contribution in [0, 0.1) is 0 Å². The van der Waals surface area contributed by atoms with Crippen molar-refractivity contribution in [2.24, 2.45) is 0 Å². The van der Waals surface area contributed by atoms with Gasteiger partial charge in [-0.15, -0.1) is 0 Å². The fraction of sp³-hybridized carbons (Fsp3) is 0.167. The van der Waals surface area contributed by atoms with Crippen LogP contribution in [0.4, 0.5) is 0 Å². The molecule has 1 unspecified atom stereocenters. The molecule has 0 saturated carbocycles. The third kappa shape index (κ3) is 1.76. The average Bonchev–Trinajstić information content (AvgIpc) is 2.76. The normalized spacial score (nSPS) is 17.6. The van der Waals surface area contributed by atoms with Crippen molar-refractivity contribution in [3.8, 4) is 5.75 Å². The predicted octanol–water partition coefficient (Wildman–Crippen LogP) is 2.06. The second-order valence-corrected chi connectivity index (χ2v) is 4.70. The van der Waals surface area contributed by atoms with E-state index in [1.807, 2.05) is 24.3 Å². The summed E-state index contributed by atoms with van der Waals surface area (Å²) in [5.74, 6) is 1.51. The van der Waals surface area contributed by atoms with Crippen LogP contribution in [0.2, 0.25) is 0 Å². The van der Waals surface area contributed by atoms with Crippen molar-refractivity contribution in [2.75, 3.05) is 6.61 Å². The highest BCUT2D eigenvalue weighted by molar-refractivity contribution is 9.10. The van der Waals surface area contributed by atoms with Gasteiger partial charge >= 0.3 is 0 Å². The Kier molecular flexibility index (Phi) is 2.48. The van der Waals surface area contributed by atoms with Crippen molar-refractivity contribution < 1.29 is 4.74 Å². The van der Waals surface area contributed by atoms with Gasteiger partial charge in [-0.05, 0) is 22.0 Å². The Morgan fingerprint density at radius 3 is 3.06 bits per heavy atom. The molecular formula is C12H9BrN2O2. The van der Waals surface area contributed by atoms with Gasteiger partial charge in [0.25, 0.3) is 5.56 Å². The molecule has 0 bridgehead atoms. The van der Waals surface area contributed by atoms with Crippen LogP contribution in [0.1, 0.15) is 17.3 Å². The van der Waals surface area contributed by atoms with Crippen LogP contribution in [-0.4, -0.2) is 16.6 Å². The number of benzene rings is 1. The number of H-pyrrole nitrogens is 1. The number of hydrogen-bond donors (Lipinski definition) is 1. The highest BCUT2D eigenvalue weighted by Gasteiger charge is 2.27. The highest BCUT2D eigenvalue weighted by atomic mass is 79.9. The number of rotatable bonds is 1. The van der Waals surface area contributed by atoms with Crippen LogP contribution in [0.3, 0.4) is 0 Å². The first-order valence-corrected chi connectivity index (χ1v) is 6.01. The third-order valence-electron chi connectivity index (χ3n) is 2.81. The summed E-state index contributed by atoms with van der Waals surface area (Å²) in [6, 6.07) is 7.80. The summed E-state index contributed by atoms with van der Waals surface area (Å²) in [7, 11) is 0. The Hall–Kier alpha value is -1.62. The molecule has 1 aliphatic rings. The molecular weight excluding hydrogens is 284 g/mol. The molecule has 5 heteroatoms. The van der Waals surface area contributed by atoms with Crippen molar-refractivity contribution in [1.82, 2.24) is 9.97 Å². The number of nitrogens with zero attached hydrogens (tertiary/aromatic N) is 1. The number of hydrogen-bond acceptors (Lipinski definition) is 3. The summed E-state index contributed by atoms with van der Waals surface area (Å²) in [6.45, 7) is 0.518. The number of fused-ring (bicyclic) bond motifs is 1. The number of para-hydroxylation sites is 1. The van der Waals surface area contributed by atoms with Gasteiger partial charge in [0.15, 0.2) is 0 Å². The summed E-state index contributed by atoms with van der Waals surface area (Å²) in [5.41, 5.74) is 0.900. The van der Waals surface area contributed by atoms with Crippen LogP contribution < -0.4 is 10.3 Å². The maximum atomic E-state index is 11.5. The van der Waals surface area contributed by atoms with Crippen LogP contribution in [0.5, 0.6) is 5.75 Å². The van der Waals surface area contributed by atoms with Crippen molar-refractivity contribution in [1.29, 1.82) is 0 Å². The minimum atomic E-state index is -0.167. The third-order valence-corrected chi connectivity index (χ3v) is 3.37. The van der Waals surface area contributed by atoms with Crippen molar-refractivity contribution in [2.45, 2.75) is 5.92 Å². The zero-order valence-corrected chi connectivity index (χ0v) is 10.4. The monoisotopic (exact) mass is 292 g/mol. The number of nitrogens with one attached hydrogen (secondary N) is 1. The van der Waals surface area contributed by atoms with Gasteiger partial charge in [0.1, 0.15) is 22.7 Å². The summed E-state index contributed by atoms with van der Waals surface area (Å²) in [5, 5.41) is 0. The topological polar surface area (TPSA) is 55.0 Å². The van der Waals surface area contributed by atoms with Gasteiger partial charge in [-0.2, -0.15) is 0 Å². The van der Waals surface area contributed by atoms with Crippen molar-refractivity contribution in [3.05, 3.63) is 56.7 Å². The molecule has 1 aliphatic heterocycles. The average molecular weight is 293 g/mol. The van der Waals surface area contributed by atoms with Gasteiger partial charge in [0.05, 0.1) is 5.92 Å². The first-order valence-electron chi connectivity index (χ1n) is 5.22. The van der Waals surface area contributed by atoms with E-state index in [4.69, 9.17) is 4.74 Å². The van der Waals surface area contributed by atoms with E-state index in [0.717, 1.165) is 11.3 Å². The fourth-order valence-electron chi connectivity index (χ4n) is 1.96. The minimum absolute atomic E-state index is 0.00648. The molecule has 0 spiro atoms. The largest absolute Gasteiger partial charge is 0.492 e. The van der Waals surface area contributed by atoms with Crippen LogP contribution in [-0.2, 0) is 0 Å². The van der Waals surface area contributed by atoms with Gasteiger partial charge in [-0.1, -0.05) is 18.2 Å². The zero-order valence-electron chi connectivity index (χ0n) is 8.81. The molecule has 0 saturated heterocycles. The maximum absolute atomic E-state index is 11.5. The van der Waals surface area contributed by atoms with Gasteiger partial charge in [0.2, 0.25) is 0 Å². The molecule has 1 aromatic carbocycles. The summed E-state index contributed by atoms with van der Waals surface area (Å²) in [4.78, 5) is 18.5. The molecule has 0 fully saturated rings. The molecule has 17 heavy (non-hydrogen) atoms. The minimum Gasteiger partial charge on any atom is -0.492 e. The van der Waals surface area contributed by atoms with Crippen molar-refractivity contribution in [3.63, 3.8) is 0 Å². The molecule has 1 atom stereocenters. The van der Waals surface area contributed by atoms with E-state index in [0.29, 0.717) is 16.9 Å². The molecule has 0 amide bonds. The van der Waals surface area contributed by atoms with E-state index < -0.39 is 0 Å². The van der Waals surface area contributed by atoms with E-state index in [-0.39, 0.29) is 11.5 Å². The Morgan fingerprint density at radius 2 is 2.24 bits per heavy atom. The van der Waals surface area contributed by atoms with Crippen molar-refractivity contribution >= 4 is 15.9 Å². The van der Waals surface area contributed by atoms with E-state index in [2.05, 4.69) is 25.9 Å². The second-order valence-electron chi connectivity index (χ2n) is 3.85. The van der Waals surface area contributed by atoms with Crippen LogP contribution in [0.25, 0.3) is 0 Å². The fourth-order valence-corrected chi connectivity index (χ4v) is 2.16. The maximum Gasteiger partial charge on any atom is 0.265 e. The number of halogens is 1. The molecule has 2 aromatic rings. The Balaban J connectivity index is 2.07. The van der Waals surface area contributed by atoms with E-state index in [1.54, 1.807) is 0 Å². The van der Waals surface area contributed by atoms with Gasteiger partial charge in [-0.3, -0.25) is 4.79 Å². The number of aromatic nitrogens is 2. The summed E-state index contributed by atoms with van der Waals surface area (Å²) >= 11 is 3.13. The Labute approximate surface area is 106 Å². The van der Waals surface area contributed by atoms with Gasteiger partial charge < -0.3 is 9.72 Å². The number of aromatic amines is 1. The molecule has 1 aromatic heterocycles. The SMILES string of the molecule is O=c1[nH]c(C2COc3ccccc32)ncc1Br. The Bertz CT molecular complexity index is 624. The lowest BCUT2D eigenvalue weighted by atomic mass is 10.0. The second kappa shape index (κ2) is 4.00. The summed E-state index contributed by atoms with van der Waals surface area (Å²) in [6.07, 6.45) is 1.52. The Morgan fingerprint density at radius 1 is 1.41 bits per heavy atom. The highest BCUT2D eigenvalue weighted by Crippen LogP contribution is 2.35. The van der Waals surface area contributed by atoms with E-state index >= 15 is 0 Å². The molecule has 86 valence electrons. The molecule has 0 radical (unpaired) electrons. The molecule has 4 nitrogen and oxygen atoms in total. The van der Waals surface area contributed by atoms with E-state index in [1.165, 1.54) is 6.20 Å². The smallest absolute Gasteiger partial charge is 0.265 e. The van der Waals surface area contributed by atoms with Crippen LogP contribution >= 0.6 is 15.9 Å². The van der Waals surface area contributed by atoms with E-state index in [9.17, 15) is 4.79 Å². The standard InChI is InChI=1S/C12H9BrN2O2/c13-9-5-14-11(15-12(9)16)8-6-17-10-4-2-1-3-7(8)10/h1-5,8H,6H2,(H,14,15,16). The first kappa shape index (κ1) is 10.5. The lowest BCUT2D eigenvalue weighted by Gasteiger charge is -2.07. The lowest BCUT2D eigenvalue weighted by molar-refractivity contribution is 0.339. The zero-order chi connectivity index (χ0) is 11.8. The lowest BCUT2D eigenvalue weighted by Crippen LogP contribution is -2.16. The molecule has 3 rings (SSSR count). The summed E-state index contributed by atoms with van der Waals surface area (Å²) < 4.78 is 6.00. The first-order chi connectivity index (χ1) is 8.25. The molecule has 0 aliphatic carbocycles. The predicted molar refractivity (Wildman–Crippen MR) is 66.3 cm³/mol. The van der Waals surface area contributed by atoms with Gasteiger partial charge in [-0.25, -0.2) is 4.98 Å². The van der Waals surface area contributed by atoms with Crippen LogP contribution in [0.15, 0.2) is 39.7 Å². The number of ether oxygens (including phenoxy) is 1. The molecule has 2 heterocycles. The van der Waals surface area contributed by atoms with Gasteiger partial charge in [0, 0.05) is 11.8 Å². The quantitative estimate of drug-likeness (QED) is 0.875.